The van der Waals surface area contributed by atoms with Crippen molar-refractivity contribution in [3.8, 4) is 11.4 Å². The highest BCUT2D eigenvalue weighted by Gasteiger charge is 2.30. The van der Waals surface area contributed by atoms with E-state index in [9.17, 15) is 10.2 Å². The molecule has 1 aromatic carbocycles. The molecule has 2 fully saturated rings. The minimum Gasteiger partial charge on any atom is -0.508 e. The largest absolute Gasteiger partial charge is 0.508 e. The molecule has 5 heterocycles. The Morgan fingerprint density at radius 3 is 2.46 bits per heavy atom. The average Bonchev–Trinajstić information content (AvgIpc) is 3.56. The molecule has 1 atom stereocenters. The summed E-state index contributed by atoms with van der Waals surface area (Å²) in [6, 6.07) is 11.3. The first kappa shape index (κ1) is 21.6. The maximum absolute atomic E-state index is 9.98. The van der Waals surface area contributed by atoms with Gasteiger partial charge in [-0.3, -0.25) is 9.55 Å². The number of phenolic OH excluding ortho intramolecular Hbond substituents is 1. The average molecular weight is 473 g/mol. The molecule has 35 heavy (non-hydrogen) atoms. The number of piperazine rings is 1. The number of phenols is 1. The second-order valence-corrected chi connectivity index (χ2v) is 9.01. The monoisotopic (exact) mass is 472 g/mol. The number of benzene rings is 1. The van der Waals surface area contributed by atoms with Crippen LogP contribution in [0.15, 0.2) is 55.1 Å². The van der Waals surface area contributed by atoms with E-state index in [4.69, 9.17) is 15.0 Å². The summed E-state index contributed by atoms with van der Waals surface area (Å²) >= 11 is 0. The molecule has 6 rings (SSSR count). The van der Waals surface area contributed by atoms with E-state index >= 15 is 0 Å². The van der Waals surface area contributed by atoms with Gasteiger partial charge in [-0.1, -0.05) is 0 Å². The molecular weight excluding hydrogens is 444 g/mol. The van der Waals surface area contributed by atoms with Crippen LogP contribution in [0.1, 0.15) is 12.8 Å². The van der Waals surface area contributed by atoms with Gasteiger partial charge >= 0.3 is 0 Å². The van der Waals surface area contributed by atoms with Crippen LogP contribution in [0.25, 0.3) is 16.9 Å². The van der Waals surface area contributed by atoms with Crippen molar-refractivity contribution < 1.29 is 10.2 Å². The number of fused-ring (bicyclic) bond motifs is 1. The van der Waals surface area contributed by atoms with Gasteiger partial charge in [-0.15, -0.1) is 0 Å². The molecule has 0 spiro atoms. The van der Waals surface area contributed by atoms with Crippen LogP contribution in [0.3, 0.4) is 0 Å². The van der Waals surface area contributed by atoms with Gasteiger partial charge in [-0.25, -0.2) is 4.98 Å². The van der Waals surface area contributed by atoms with E-state index in [1.54, 1.807) is 30.9 Å². The number of rotatable bonds is 5. The molecule has 0 bridgehead atoms. The molecule has 4 aromatic rings. The summed E-state index contributed by atoms with van der Waals surface area (Å²) in [5.41, 5.74) is 3.46. The first-order chi connectivity index (χ1) is 17.2. The summed E-state index contributed by atoms with van der Waals surface area (Å²) in [7, 11) is 0. The van der Waals surface area contributed by atoms with E-state index in [1.165, 1.54) is 0 Å². The molecule has 0 radical (unpaired) electrons. The van der Waals surface area contributed by atoms with Crippen LogP contribution in [0, 0.1) is 0 Å². The number of aromatic nitrogens is 5. The molecule has 2 aliphatic rings. The zero-order valence-corrected chi connectivity index (χ0v) is 19.4. The highest BCUT2D eigenvalue weighted by atomic mass is 16.3. The molecule has 180 valence electrons. The SMILES string of the molecule is OC[C@@H]1CCCN1c1nc(N2CCN(c3ccc(O)cc3)CC2)nc2c1ncn2-c1cccnc1. The maximum atomic E-state index is 9.98. The van der Waals surface area contributed by atoms with E-state index in [1.807, 2.05) is 28.8 Å². The molecule has 0 amide bonds. The highest BCUT2D eigenvalue weighted by Crippen LogP contribution is 2.32. The molecule has 0 aliphatic carbocycles. The fraction of sp³-hybridized carbons (Fsp3) is 0.360. The lowest BCUT2D eigenvalue weighted by molar-refractivity contribution is 0.266. The van der Waals surface area contributed by atoms with Crippen molar-refractivity contribution in [2.24, 2.45) is 0 Å². The predicted octanol–water partition coefficient (Wildman–Crippen LogP) is 2.20. The molecule has 0 saturated carbocycles. The Labute approximate surface area is 203 Å². The van der Waals surface area contributed by atoms with Gasteiger partial charge in [0.25, 0.3) is 0 Å². The zero-order valence-electron chi connectivity index (χ0n) is 19.4. The third-order valence-electron chi connectivity index (χ3n) is 6.93. The Morgan fingerprint density at radius 1 is 0.914 bits per heavy atom. The third-order valence-corrected chi connectivity index (χ3v) is 6.93. The standard InChI is InChI=1S/C25H28N8O2/c34-16-20-4-2-10-32(20)23-22-24(33(17-27-22)19-3-1-9-26-15-19)29-25(28-23)31-13-11-30(12-14-31)18-5-7-21(35)8-6-18/h1,3,5-9,15,17,20,34-35H,2,4,10-14,16H2/t20-/m0/s1. The zero-order chi connectivity index (χ0) is 23.8. The number of anilines is 3. The van der Waals surface area contributed by atoms with Crippen LogP contribution in [-0.2, 0) is 0 Å². The van der Waals surface area contributed by atoms with Crippen molar-refractivity contribution in [2.75, 3.05) is 54.0 Å². The molecule has 2 aliphatic heterocycles. The summed E-state index contributed by atoms with van der Waals surface area (Å²) in [5, 5.41) is 19.6. The van der Waals surface area contributed by atoms with Gasteiger partial charge in [0, 0.05) is 44.6 Å². The Kier molecular flexibility index (Phi) is 5.57. The Bertz CT molecular complexity index is 1300. The van der Waals surface area contributed by atoms with Crippen LogP contribution >= 0.6 is 0 Å². The fourth-order valence-electron chi connectivity index (χ4n) is 5.03. The number of aliphatic hydroxyl groups excluding tert-OH is 1. The van der Waals surface area contributed by atoms with E-state index in [0.717, 1.165) is 73.9 Å². The number of pyridine rings is 1. The van der Waals surface area contributed by atoms with Crippen LogP contribution in [0.4, 0.5) is 17.5 Å². The molecule has 0 unspecified atom stereocenters. The molecule has 3 aromatic heterocycles. The molecule has 2 N–H and O–H groups in total. The molecule has 10 heteroatoms. The quantitative estimate of drug-likeness (QED) is 0.452. The number of hydrogen-bond acceptors (Lipinski definition) is 9. The van der Waals surface area contributed by atoms with Gasteiger partial charge in [0.15, 0.2) is 17.0 Å². The molecular formula is C25H28N8O2. The molecule has 10 nitrogen and oxygen atoms in total. The number of aliphatic hydroxyl groups is 1. The third kappa shape index (κ3) is 3.99. The summed E-state index contributed by atoms with van der Waals surface area (Å²) in [5.74, 6) is 1.73. The van der Waals surface area contributed by atoms with E-state index < -0.39 is 0 Å². The van der Waals surface area contributed by atoms with Gasteiger partial charge in [0.05, 0.1) is 24.5 Å². The second kappa shape index (κ2) is 9.03. The van der Waals surface area contributed by atoms with Crippen molar-refractivity contribution in [1.29, 1.82) is 0 Å². The highest BCUT2D eigenvalue weighted by molar-refractivity contribution is 5.86. The van der Waals surface area contributed by atoms with Crippen LogP contribution < -0.4 is 14.7 Å². The van der Waals surface area contributed by atoms with Crippen molar-refractivity contribution in [3.05, 3.63) is 55.1 Å². The second-order valence-electron chi connectivity index (χ2n) is 9.01. The minimum absolute atomic E-state index is 0.0378. The Morgan fingerprint density at radius 2 is 1.71 bits per heavy atom. The number of hydrogen-bond donors (Lipinski definition) is 2. The fourth-order valence-corrected chi connectivity index (χ4v) is 5.03. The van der Waals surface area contributed by atoms with Crippen molar-refractivity contribution >= 4 is 28.6 Å². The number of aromatic hydroxyl groups is 1. The lowest BCUT2D eigenvalue weighted by Gasteiger charge is -2.36. The van der Waals surface area contributed by atoms with Crippen LogP contribution in [-0.4, -0.2) is 80.1 Å². The predicted molar refractivity (Wildman–Crippen MR) is 134 cm³/mol. The van der Waals surface area contributed by atoms with Gasteiger partial charge in [0.2, 0.25) is 5.95 Å². The van der Waals surface area contributed by atoms with Gasteiger partial charge < -0.3 is 24.9 Å². The van der Waals surface area contributed by atoms with E-state index in [-0.39, 0.29) is 18.4 Å². The van der Waals surface area contributed by atoms with E-state index in [2.05, 4.69) is 19.7 Å². The van der Waals surface area contributed by atoms with Crippen molar-refractivity contribution in [1.82, 2.24) is 24.5 Å². The summed E-state index contributed by atoms with van der Waals surface area (Å²) in [4.78, 5) is 25.6. The van der Waals surface area contributed by atoms with Gasteiger partial charge in [-0.2, -0.15) is 9.97 Å². The lowest BCUT2D eigenvalue weighted by atomic mass is 10.2. The van der Waals surface area contributed by atoms with Gasteiger partial charge in [0.1, 0.15) is 12.1 Å². The van der Waals surface area contributed by atoms with Gasteiger partial charge in [-0.05, 0) is 49.2 Å². The topological polar surface area (TPSA) is 107 Å². The minimum atomic E-state index is 0.0378. The summed E-state index contributed by atoms with van der Waals surface area (Å²) < 4.78 is 1.95. The maximum Gasteiger partial charge on any atom is 0.229 e. The Balaban J connectivity index is 1.36. The first-order valence-electron chi connectivity index (χ1n) is 12.0. The lowest BCUT2D eigenvalue weighted by Crippen LogP contribution is -2.47. The summed E-state index contributed by atoms with van der Waals surface area (Å²) in [6.45, 7) is 4.13. The van der Waals surface area contributed by atoms with E-state index in [0.29, 0.717) is 5.95 Å². The smallest absolute Gasteiger partial charge is 0.229 e. The normalized spacial score (nSPS) is 18.5. The van der Waals surface area contributed by atoms with Crippen LogP contribution in [0.2, 0.25) is 0 Å². The Hall–Kier alpha value is -3.92. The first-order valence-corrected chi connectivity index (χ1v) is 12.0. The molecule has 2 saturated heterocycles. The van der Waals surface area contributed by atoms with Crippen molar-refractivity contribution in [3.63, 3.8) is 0 Å². The number of nitrogens with zero attached hydrogens (tertiary/aromatic N) is 8. The summed E-state index contributed by atoms with van der Waals surface area (Å²) in [6.07, 6.45) is 7.27. The number of imidazole rings is 1. The van der Waals surface area contributed by atoms with Crippen molar-refractivity contribution in [2.45, 2.75) is 18.9 Å². The van der Waals surface area contributed by atoms with Crippen LogP contribution in [0.5, 0.6) is 5.75 Å².